The van der Waals surface area contributed by atoms with E-state index in [0.29, 0.717) is 10.2 Å². The molecule has 2 nitrogen and oxygen atoms in total. The van der Waals surface area contributed by atoms with E-state index in [2.05, 4.69) is 15.9 Å². The highest BCUT2D eigenvalue weighted by atomic mass is 79.9. The minimum Gasteiger partial charge on any atom is -0.368 e. The van der Waals surface area contributed by atoms with Gasteiger partial charge in [0.15, 0.2) is 5.82 Å². The van der Waals surface area contributed by atoms with Gasteiger partial charge in [0.05, 0.1) is 10.2 Å². The third kappa shape index (κ3) is 1.77. The van der Waals surface area contributed by atoms with Crippen molar-refractivity contribution in [1.29, 1.82) is 0 Å². The molecule has 14 heavy (non-hydrogen) atoms. The molecule has 1 saturated heterocycles. The second-order valence-electron chi connectivity index (χ2n) is 3.57. The van der Waals surface area contributed by atoms with E-state index in [1.807, 2.05) is 11.0 Å². The van der Waals surface area contributed by atoms with Crippen molar-refractivity contribution in [2.75, 3.05) is 18.0 Å². The summed E-state index contributed by atoms with van der Waals surface area (Å²) in [5.74, 6) is -0.193. The van der Waals surface area contributed by atoms with Gasteiger partial charge in [0.2, 0.25) is 0 Å². The van der Waals surface area contributed by atoms with Crippen LogP contribution in [-0.4, -0.2) is 19.1 Å². The Kier molecular flexibility index (Phi) is 2.74. The number of halogens is 2. The second kappa shape index (κ2) is 3.87. The lowest BCUT2D eigenvalue weighted by atomic mass is 10.3. The molecular formula is C10H12BrFN2. The van der Waals surface area contributed by atoms with Gasteiger partial charge in [-0.15, -0.1) is 0 Å². The van der Waals surface area contributed by atoms with Gasteiger partial charge in [0.1, 0.15) is 0 Å². The van der Waals surface area contributed by atoms with E-state index in [-0.39, 0.29) is 11.9 Å². The molecule has 76 valence electrons. The summed E-state index contributed by atoms with van der Waals surface area (Å²) < 4.78 is 14.2. The maximum atomic E-state index is 13.7. The van der Waals surface area contributed by atoms with E-state index >= 15 is 0 Å². The van der Waals surface area contributed by atoms with Gasteiger partial charge in [-0.2, -0.15) is 0 Å². The van der Waals surface area contributed by atoms with Gasteiger partial charge >= 0.3 is 0 Å². The molecule has 2 rings (SSSR count). The van der Waals surface area contributed by atoms with Crippen LogP contribution in [0.4, 0.5) is 10.1 Å². The van der Waals surface area contributed by atoms with E-state index in [9.17, 15) is 4.39 Å². The molecule has 1 unspecified atom stereocenters. The zero-order valence-corrected chi connectivity index (χ0v) is 9.30. The van der Waals surface area contributed by atoms with Crippen molar-refractivity contribution in [3.05, 3.63) is 28.5 Å². The van der Waals surface area contributed by atoms with E-state index in [0.717, 1.165) is 19.5 Å². The first kappa shape index (κ1) is 9.93. The van der Waals surface area contributed by atoms with Gasteiger partial charge in [0, 0.05) is 19.1 Å². The van der Waals surface area contributed by atoms with Crippen LogP contribution in [0.25, 0.3) is 0 Å². The molecule has 0 bridgehead atoms. The van der Waals surface area contributed by atoms with Crippen LogP contribution in [-0.2, 0) is 0 Å². The summed E-state index contributed by atoms with van der Waals surface area (Å²) in [4.78, 5) is 1.99. The molecule has 1 aromatic carbocycles. The average Bonchev–Trinajstić information content (AvgIpc) is 2.57. The third-order valence-corrected chi connectivity index (χ3v) is 3.11. The smallest absolute Gasteiger partial charge is 0.160 e. The minimum atomic E-state index is -0.193. The molecule has 1 heterocycles. The zero-order valence-electron chi connectivity index (χ0n) is 7.71. The maximum Gasteiger partial charge on any atom is 0.160 e. The molecular weight excluding hydrogens is 247 g/mol. The highest BCUT2D eigenvalue weighted by Crippen LogP contribution is 2.27. The van der Waals surface area contributed by atoms with Crippen LogP contribution in [0.3, 0.4) is 0 Å². The Hall–Kier alpha value is -0.610. The Labute approximate surface area is 91.0 Å². The van der Waals surface area contributed by atoms with Crippen molar-refractivity contribution in [2.45, 2.75) is 12.5 Å². The van der Waals surface area contributed by atoms with Crippen LogP contribution < -0.4 is 10.6 Å². The first-order valence-electron chi connectivity index (χ1n) is 4.63. The molecule has 0 saturated carbocycles. The molecule has 0 radical (unpaired) electrons. The highest BCUT2D eigenvalue weighted by Gasteiger charge is 2.22. The number of rotatable bonds is 1. The van der Waals surface area contributed by atoms with E-state index in [1.165, 1.54) is 0 Å². The van der Waals surface area contributed by atoms with Crippen LogP contribution in [0.1, 0.15) is 6.42 Å². The molecule has 0 spiro atoms. The van der Waals surface area contributed by atoms with Gasteiger partial charge < -0.3 is 10.6 Å². The SMILES string of the molecule is NC1CCN(c2cccc(Br)c2F)C1. The number of nitrogens with zero attached hydrogens (tertiary/aromatic N) is 1. The standard InChI is InChI=1S/C10H12BrFN2/c11-8-2-1-3-9(10(8)12)14-5-4-7(13)6-14/h1-3,7H,4-6,13H2. The van der Waals surface area contributed by atoms with Gasteiger partial charge in [-0.1, -0.05) is 6.07 Å². The number of hydrogen-bond acceptors (Lipinski definition) is 2. The molecule has 1 aliphatic rings. The number of anilines is 1. The molecule has 0 amide bonds. The van der Waals surface area contributed by atoms with Crippen molar-refractivity contribution in [3.8, 4) is 0 Å². The van der Waals surface area contributed by atoms with Gasteiger partial charge in [0.25, 0.3) is 0 Å². The zero-order chi connectivity index (χ0) is 10.1. The largest absolute Gasteiger partial charge is 0.368 e. The van der Waals surface area contributed by atoms with Crippen LogP contribution in [0, 0.1) is 5.82 Å². The Morgan fingerprint density at radius 3 is 2.93 bits per heavy atom. The van der Waals surface area contributed by atoms with Gasteiger partial charge in [-0.25, -0.2) is 4.39 Å². The first-order valence-corrected chi connectivity index (χ1v) is 5.42. The predicted octanol–water partition coefficient (Wildman–Crippen LogP) is 2.13. The fraction of sp³-hybridized carbons (Fsp3) is 0.400. The van der Waals surface area contributed by atoms with E-state index in [4.69, 9.17) is 5.73 Å². The van der Waals surface area contributed by atoms with Crippen LogP contribution >= 0.6 is 15.9 Å². The molecule has 1 fully saturated rings. The summed E-state index contributed by atoms with van der Waals surface area (Å²) in [6, 6.07) is 5.51. The summed E-state index contributed by atoms with van der Waals surface area (Å²) in [6.07, 6.45) is 0.936. The molecule has 1 atom stereocenters. The van der Waals surface area contributed by atoms with E-state index < -0.39 is 0 Å². The van der Waals surface area contributed by atoms with Gasteiger partial charge in [-0.3, -0.25) is 0 Å². The van der Waals surface area contributed by atoms with Crippen molar-refractivity contribution in [2.24, 2.45) is 5.73 Å². The van der Waals surface area contributed by atoms with Crippen LogP contribution in [0.2, 0.25) is 0 Å². The monoisotopic (exact) mass is 258 g/mol. The van der Waals surface area contributed by atoms with Crippen molar-refractivity contribution in [3.63, 3.8) is 0 Å². The lowest BCUT2D eigenvalue weighted by Crippen LogP contribution is -2.26. The Morgan fingerprint density at radius 1 is 1.50 bits per heavy atom. The lowest BCUT2D eigenvalue weighted by Gasteiger charge is -2.19. The topological polar surface area (TPSA) is 29.3 Å². The molecule has 0 aromatic heterocycles. The summed E-state index contributed by atoms with van der Waals surface area (Å²) in [7, 11) is 0. The Balaban J connectivity index is 2.28. The summed E-state index contributed by atoms with van der Waals surface area (Å²) >= 11 is 3.18. The molecule has 1 aromatic rings. The van der Waals surface area contributed by atoms with Crippen LogP contribution in [0.5, 0.6) is 0 Å². The quantitative estimate of drug-likeness (QED) is 0.837. The van der Waals surface area contributed by atoms with Crippen molar-refractivity contribution in [1.82, 2.24) is 0 Å². The highest BCUT2D eigenvalue weighted by molar-refractivity contribution is 9.10. The fourth-order valence-electron chi connectivity index (χ4n) is 1.74. The van der Waals surface area contributed by atoms with Gasteiger partial charge in [-0.05, 0) is 34.5 Å². The predicted molar refractivity (Wildman–Crippen MR) is 58.9 cm³/mol. The Bertz CT molecular complexity index is 343. The second-order valence-corrected chi connectivity index (χ2v) is 4.42. The van der Waals surface area contributed by atoms with E-state index in [1.54, 1.807) is 12.1 Å². The van der Waals surface area contributed by atoms with Crippen LogP contribution in [0.15, 0.2) is 22.7 Å². The molecule has 1 aliphatic heterocycles. The average molecular weight is 259 g/mol. The normalized spacial score (nSPS) is 21.6. The third-order valence-electron chi connectivity index (χ3n) is 2.50. The molecule has 2 N–H and O–H groups in total. The number of benzene rings is 1. The van der Waals surface area contributed by atoms with Crippen molar-refractivity contribution < 1.29 is 4.39 Å². The first-order chi connectivity index (χ1) is 6.68. The fourth-order valence-corrected chi connectivity index (χ4v) is 2.10. The number of hydrogen-bond donors (Lipinski definition) is 1. The minimum absolute atomic E-state index is 0.174. The maximum absolute atomic E-state index is 13.7. The summed E-state index contributed by atoms with van der Waals surface area (Å²) in [5.41, 5.74) is 6.42. The lowest BCUT2D eigenvalue weighted by molar-refractivity contribution is 0.616. The molecule has 4 heteroatoms. The summed E-state index contributed by atoms with van der Waals surface area (Å²) in [6.45, 7) is 1.59. The Morgan fingerprint density at radius 2 is 2.29 bits per heavy atom. The summed E-state index contributed by atoms with van der Waals surface area (Å²) in [5, 5.41) is 0. The molecule has 0 aliphatic carbocycles. The number of nitrogens with two attached hydrogens (primary N) is 1. The van der Waals surface area contributed by atoms with Crippen molar-refractivity contribution >= 4 is 21.6 Å².